The van der Waals surface area contributed by atoms with E-state index in [9.17, 15) is 0 Å². The van der Waals surface area contributed by atoms with E-state index >= 15 is 0 Å². The molecule has 0 amide bonds. The lowest BCUT2D eigenvalue weighted by molar-refractivity contribution is 0.194. The fraction of sp³-hybridized carbons (Fsp3) is 0.769. The van der Waals surface area contributed by atoms with Gasteiger partial charge in [0.25, 0.3) is 0 Å². The minimum absolute atomic E-state index is 0.807. The lowest BCUT2D eigenvalue weighted by atomic mass is 9.98. The Balaban J connectivity index is 0.000000606. The van der Waals surface area contributed by atoms with Crippen molar-refractivity contribution < 1.29 is 0 Å². The van der Waals surface area contributed by atoms with Crippen molar-refractivity contribution in [3.05, 3.63) is 18.2 Å². The average Bonchev–Trinajstić information content (AvgIpc) is 2.68. The summed E-state index contributed by atoms with van der Waals surface area (Å²) >= 11 is 0. The second kappa shape index (κ2) is 6.69. The van der Waals surface area contributed by atoms with E-state index in [1.54, 1.807) is 0 Å². The molecule has 1 aliphatic heterocycles. The van der Waals surface area contributed by atoms with E-state index in [0.717, 1.165) is 18.3 Å². The van der Waals surface area contributed by atoms with E-state index in [2.05, 4.69) is 34.6 Å². The number of aryl methyl sites for hydroxylation is 1. The molecule has 0 bridgehead atoms. The zero-order chi connectivity index (χ0) is 12.0. The Morgan fingerprint density at radius 3 is 2.75 bits per heavy atom. The average molecular weight is 223 g/mol. The Labute approximate surface area is 99.5 Å². The summed E-state index contributed by atoms with van der Waals surface area (Å²) in [5.41, 5.74) is 0. The molecule has 0 saturated carbocycles. The Bertz CT molecular complexity index is 293. The predicted octanol–water partition coefficient (Wildman–Crippen LogP) is 2.56. The molecule has 1 unspecified atom stereocenters. The molecule has 1 fully saturated rings. The summed E-state index contributed by atoms with van der Waals surface area (Å²) in [7, 11) is 2.22. The van der Waals surface area contributed by atoms with Gasteiger partial charge in [-0.05, 0) is 39.3 Å². The lowest BCUT2D eigenvalue weighted by Crippen LogP contribution is -2.34. The molecule has 0 aromatic carbocycles. The van der Waals surface area contributed by atoms with Crippen LogP contribution in [-0.4, -0.2) is 34.6 Å². The highest BCUT2D eigenvalue weighted by Gasteiger charge is 2.17. The van der Waals surface area contributed by atoms with Crippen LogP contribution in [0.25, 0.3) is 0 Å². The van der Waals surface area contributed by atoms with Gasteiger partial charge < -0.3 is 9.47 Å². The van der Waals surface area contributed by atoms with Crippen LogP contribution in [0.4, 0.5) is 0 Å². The first-order valence-electron chi connectivity index (χ1n) is 6.42. The zero-order valence-electron chi connectivity index (χ0n) is 11.1. The smallest absolute Gasteiger partial charge is 0.105 e. The van der Waals surface area contributed by atoms with E-state index in [1.165, 1.54) is 25.9 Å². The molecule has 1 aromatic heterocycles. The van der Waals surface area contributed by atoms with Gasteiger partial charge in [-0.1, -0.05) is 13.8 Å². The van der Waals surface area contributed by atoms with Crippen molar-refractivity contribution in [2.24, 2.45) is 5.92 Å². The molecule has 1 atom stereocenters. The number of rotatable bonds is 2. The maximum atomic E-state index is 4.25. The maximum absolute atomic E-state index is 4.25. The fourth-order valence-corrected chi connectivity index (χ4v) is 2.30. The molecular formula is C13H25N3. The van der Waals surface area contributed by atoms with Gasteiger partial charge >= 0.3 is 0 Å². The molecule has 0 aliphatic carbocycles. The van der Waals surface area contributed by atoms with E-state index in [4.69, 9.17) is 0 Å². The first kappa shape index (κ1) is 13.2. The summed E-state index contributed by atoms with van der Waals surface area (Å²) in [5, 5.41) is 0. The predicted molar refractivity (Wildman–Crippen MR) is 68.5 cm³/mol. The van der Waals surface area contributed by atoms with Crippen molar-refractivity contribution in [2.75, 3.05) is 20.1 Å². The highest BCUT2D eigenvalue weighted by Crippen LogP contribution is 2.17. The molecule has 2 rings (SSSR count). The van der Waals surface area contributed by atoms with E-state index in [0.29, 0.717) is 0 Å². The Kier molecular flexibility index (Phi) is 5.53. The van der Waals surface area contributed by atoms with Gasteiger partial charge in [0, 0.05) is 25.5 Å². The number of hydrogen-bond donors (Lipinski definition) is 0. The summed E-state index contributed by atoms with van der Waals surface area (Å²) in [5.74, 6) is 1.94. The van der Waals surface area contributed by atoms with E-state index in [1.807, 2.05) is 20.0 Å². The van der Waals surface area contributed by atoms with Crippen LogP contribution >= 0.6 is 0 Å². The van der Waals surface area contributed by atoms with Crippen LogP contribution in [0.3, 0.4) is 0 Å². The van der Waals surface area contributed by atoms with Crippen molar-refractivity contribution in [1.29, 1.82) is 0 Å². The molecule has 3 nitrogen and oxygen atoms in total. The minimum Gasteiger partial charge on any atom is -0.335 e. The lowest BCUT2D eigenvalue weighted by Gasteiger charge is -2.30. The summed E-state index contributed by atoms with van der Waals surface area (Å²) in [6.07, 6.45) is 6.68. The van der Waals surface area contributed by atoms with Gasteiger partial charge in [0.05, 0.1) is 0 Å². The highest BCUT2D eigenvalue weighted by atomic mass is 15.1. The zero-order valence-corrected chi connectivity index (χ0v) is 11.1. The first-order valence-corrected chi connectivity index (χ1v) is 6.42. The Morgan fingerprint density at radius 1 is 1.44 bits per heavy atom. The maximum Gasteiger partial charge on any atom is 0.105 e. The molecule has 0 N–H and O–H groups in total. The third-order valence-corrected chi connectivity index (χ3v) is 3.10. The number of piperidine rings is 1. The normalized spacial score (nSPS) is 21.4. The largest absolute Gasteiger partial charge is 0.335 e. The molecule has 3 heteroatoms. The first-order chi connectivity index (χ1) is 7.75. The molecule has 16 heavy (non-hydrogen) atoms. The number of nitrogens with zero attached hydrogens (tertiary/aromatic N) is 3. The van der Waals surface area contributed by atoms with E-state index < -0.39 is 0 Å². The molecule has 2 heterocycles. The monoisotopic (exact) mass is 223 g/mol. The molecule has 0 spiro atoms. The van der Waals surface area contributed by atoms with Crippen LogP contribution in [0.2, 0.25) is 0 Å². The van der Waals surface area contributed by atoms with Gasteiger partial charge in [-0.3, -0.25) is 0 Å². The molecule has 1 saturated heterocycles. The Hall–Kier alpha value is -0.830. The molecule has 0 radical (unpaired) electrons. The molecule has 1 aliphatic rings. The van der Waals surface area contributed by atoms with Gasteiger partial charge in [0.15, 0.2) is 0 Å². The van der Waals surface area contributed by atoms with Crippen molar-refractivity contribution >= 4 is 0 Å². The van der Waals surface area contributed by atoms with Crippen molar-refractivity contribution in [1.82, 2.24) is 14.5 Å². The number of hydrogen-bond acceptors (Lipinski definition) is 2. The van der Waals surface area contributed by atoms with Crippen molar-refractivity contribution in [3.63, 3.8) is 0 Å². The summed E-state index contributed by atoms with van der Waals surface area (Å²) < 4.78 is 2.27. The van der Waals surface area contributed by atoms with Crippen molar-refractivity contribution in [2.45, 2.75) is 40.2 Å². The Morgan fingerprint density at radius 2 is 2.19 bits per heavy atom. The summed E-state index contributed by atoms with van der Waals surface area (Å²) in [6.45, 7) is 9.71. The third-order valence-electron chi connectivity index (χ3n) is 3.10. The SMILES string of the molecule is CC.Cc1nccn1CC1CCCN(C)C1. The standard InChI is InChI=1S/C11H19N3.C2H6/c1-10-12-5-7-14(10)9-11-4-3-6-13(2)8-11;1-2/h5,7,11H,3-4,6,8-9H2,1-2H3;1-2H3. The third kappa shape index (κ3) is 3.63. The second-order valence-electron chi connectivity index (χ2n) is 4.40. The van der Waals surface area contributed by atoms with Crippen molar-refractivity contribution in [3.8, 4) is 0 Å². The minimum atomic E-state index is 0.807. The van der Waals surface area contributed by atoms with Crippen LogP contribution in [0.15, 0.2) is 12.4 Å². The van der Waals surface area contributed by atoms with Crippen LogP contribution in [0.5, 0.6) is 0 Å². The number of imidazole rings is 1. The van der Waals surface area contributed by atoms with Gasteiger partial charge in [0.2, 0.25) is 0 Å². The van der Waals surface area contributed by atoms with Crippen LogP contribution in [0.1, 0.15) is 32.5 Å². The number of likely N-dealkylation sites (tertiary alicyclic amines) is 1. The van der Waals surface area contributed by atoms with Gasteiger partial charge in [-0.25, -0.2) is 4.98 Å². The fourth-order valence-electron chi connectivity index (χ4n) is 2.30. The quantitative estimate of drug-likeness (QED) is 0.768. The summed E-state index contributed by atoms with van der Waals surface area (Å²) in [6, 6.07) is 0. The highest BCUT2D eigenvalue weighted by molar-refractivity contribution is 4.89. The number of aromatic nitrogens is 2. The molecule has 92 valence electrons. The topological polar surface area (TPSA) is 21.1 Å². The van der Waals surface area contributed by atoms with Gasteiger partial charge in [-0.15, -0.1) is 0 Å². The van der Waals surface area contributed by atoms with Crippen LogP contribution in [0, 0.1) is 12.8 Å². The van der Waals surface area contributed by atoms with Gasteiger partial charge in [-0.2, -0.15) is 0 Å². The van der Waals surface area contributed by atoms with Gasteiger partial charge in [0.1, 0.15) is 5.82 Å². The molecular weight excluding hydrogens is 198 g/mol. The van der Waals surface area contributed by atoms with Crippen LogP contribution in [-0.2, 0) is 6.54 Å². The summed E-state index contributed by atoms with van der Waals surface area (Å²) in [4.78, 5) is 6.68. The molecule has 1 aromatic rings. The second-order valence-corrected chi connectivity index (χ2v) is 4.40. The van der Waals surface area contributed by atoms with E-state index in [-0.39, 0.29) is 0 Å². The van der Waals surface area contributed by atoms with Crippen LogP contribution < -0.4 is 0 Å².